The molecule has 0 spiro atoms. The zero-order valence-electron chi connectivity index (χ0n) is 16.9. The first-order chi connectivity index (χ1) is 14.6. The summed E-state index contributed by atoms with van der Waals surface area (Å²) in [7, 11) is 3.85. The van der Waals surface area contributed by atoms with Crippen LogP contribution < -0.4 is 0 Å². The second-order valence-corrected chi connectivity index (χ2v) is 7.55. The van der Waals surface area contributed by atoms with Crippen molar-refractivity contribution >= 4 is 11.4 Å². The van der Waals surface area contributed by atoms with Gasteiger partial charge < -0.3 is 4.90 Å². The van der Waals surface area contributed by atoms with Crippen LogP contribution in [-0.4, -0.2) is 72.0 Å². The van der Waals surface area contributed by atoms with Crippen LogP contribution in [0.4, 0.5) is 0 Å². The minimum absolute atomic E-state index is 0.00968. The largest absolute Gasteiger partial charge is 0.334 e. The van der Waals surface area contributed by atoms with E-state index in [1.807, 2.05) is 29.3 Å². The van der Waals surface area contributed by atoms with Gasteiger partial charge in [0.15, 0.2) is 0 Å². The van der Waals surface area contributed by atoms with Gasteiger partial charge in [0, 0.05) is 57.0 Å². The number of fused-ring (bicyclic) bond motifs is 1. The number of aromatic nitrogens is 6. The molecule has 4 aromatic rings. The Morgan fingerprint density at radius 3 is 2.60 bits per heavy atom. The van der Waals surface area contributed by atoms with Crippen molar-refractivity contribution in [2.75, 3.05) is 26.7 Å². The van der Waals surface area contributed by atoms with Gasteiger partial charge in [-0.3, -0.25) is 19.4 Å². The summed E-state index contributed by atoms with van der Waals surface area (Å²) in [6.07, 6.45) is 7.17. The molecule has 5 rings (SSSR count). The molecule has 0 unspecified atom stereocenters. The van der Waals surface area contributed by atoms with Crippen molar-refractivity contribution in [3.8, 4) is 11.1 Å². The van der Waals surface area contributed by atoms with E-state index in [4.69, 9.17) is 0 Å². The third-order valence-corrected chi connectivity index (χ3v) is 5.74. The number of hydrogen-bond acceptors (Lipinski definition) is 6. The predicted octanol–water partition coefficient (Wildman–Crippen LogP) is 1.65. The molecular weight excluding hydrogens is 380 g/mol. The molecule has 1 fully saturated rings. The lowest BCUT2D eigenvalue weighted by Crippen LogP contribution is -2.49. The normalized spacial score (nSPS) is 17.5. The topological polar surface area (TPSA) is 84.5 Å². The Kier molecular flexibility index (Phi) is 4.51. The van der Waals surface area contributed by atoms with E-state index in [2.05, 4.69) is 38.4 Å². The van der Waals surface area contributed by atoms with E-state index in [1.54, 1.807) is 40.9 Å². The minimum atomic E-state index is -0.0276. The van der Waals surface area contributed by atoms with E-state index < -0.39 is 0 Å². The molecule has 5 heterocycles. The molecule has 1 atom stereocenters. The number of carbonyl (C=O) groups is 1. The lowest BCUT2D eigenvalue weighted by Gasteiger charge is -2.38. The van der Waals surface area contributed by atoms with Gasteiger partial charge in [0.2, 0.25) is 0 Å². The van der Waals surface area contributed by atoms with Crippen molar-refractivity contribution in [1.29, 1.82) is 0 Å². The first kappa shape index (κ1) is 18.4. The van der Waals surface area contributed by atoms with Crippen LogP contribution in [0.1, 0.15) is 22.2 Å². The first-order valence-electron chi connectivity index (χ1n) is 9.84. The molecule has 9 nitrogen and oxygen atoms in total. The van der Waals surface area contributed by atoms with Crippen LogP contribution in [0, 0.1) is 0 Å². The number of hydrogen-bond donors (Lipinski definition) is 0. The molecule has 4 aromatic heterocycles. The van der Waals surface area contributed by atoms with Crippen molar-refractivity contribution in [3.05, 3.63) is 66.5 Å². The van der Waals surface area contributed by atoms with Gasteiger partial charge in [-0.05, 0) is 36.9 Å². The second-order valence-electron chi connectivity index (χ2n) is 7.55. The maximum atomic E-state index is 13.0. The number of pyridine rings is 2. The highest BCUT2D eigenvalue weighted by Crippen LogP contribution is 2.28. The van der Waals surface area contributed by atoms with Crippen LogP contribution in [-0.2, 0) is 7.05 Å². The Morgan fingerprint density at radius 1 is 1.00 bits per heavy atom. The Bertz CT molecular complexity index is 1200. The summed E-state index contributed by atoms with van der Waals surface area (Å²) in [5.41, 5.74) is 4.53. The molecule has 0 aliphatic carbocycles. The summed E-state index contributed by atoms with van der Waals surface area (Å²) in [4.78, 5) is 21.1. The summed E-state index contributed by atoms with van der Waals surface area (Å²) in [6, 6.07) is 9.77. The maximum absolute atomic E-state index is 13.0. The van der Waals surface area contributed by atoms with Crippen molar-refractivity contribution in [2.24, 2.45) is 7.05 Å². The van der Waals surface area contributed by atoms with Gasteiger partial charge in [0.05, 0.1) is 11.6 Å². The summed E-state index contributed by atoms with van der Waals surface area (Å²) < 4.78 is 3.42. The van der Waals surface area contributed by atoms with E-state index in [1.165, 1.54) is 0 Å². The third kappa shape index (κ3) is 3.13. The van der Waals surface area contributed by atoms with Gasteiger partial charge in [0.25, 0.3) is 5.91 Å². The molecule has 0 N–H and O–H groups in total. The number of aryl methyl sites for hydroxylation is 1. The van der Waals surface area contributed by atoms with Crippen molar-refractivity contribution in [2.45, 2.75) is 6.04 Å². The maximum Gasteiger partial charge on any atom is 0.272 e. The van der Waals surface area contributed by atoms with Crippen LogP contribution in [0.2, 0.25) is 0 Å². The molecule has 152 valence electrons. The van der Waals surface area contributed by atoms with E-state index in [9.17, 15) is 4.79 Å². The number of amides is 1. The fourth-order valence-electron chi connectivity index (χ4n) is 3.97. The highest BCUT2D eigenvalue weighted by atomic mass is 16.2. The average molecular weight is 402 g/mol. The first-order valence-corrected chi connectivity index (χ1v) is 9.84. The quantitative estimate of drug-likeness (QED) is 0.518. The van der Waals surface area contributed by atoms with Crippen LogP contribution in [0.25, 0.3) is 16.6 Å². The Labute approximate surface area is 173 Å². The molecule has 30 heavy (non-hydrogen) atoms. The lowest BCUT2D eigenvalue weighted by molar-refractivity contribution is 0.0531. The number of piperazine rings is 1. The number of rotatable bonds is 3. The van der Waals surface area contributed by atoms with Crippen LogP contribution in [0.3, 0.4) is 0 Å². The number of likely N-dealkylation sites (N-methyl/N-ethyl adjacent to an activating group) is 1. The highest BCUT2D eigenvalue weighted by Gasteiger charge is 2.32. The molecule has 1 saturated heterocycles. The lowest BCUT2D eigenvalue weighted by atomic mass is 10.1. The van der Waals surface area contributed by atoms with Gasteiger partial charge in [0.1, 0.15) is 11.4 Å². The number of carbonyl (C=O) groups excluding carboxylic acids is 1. The fraction of sp³-hybridized carbons (Fsp3) is 0.286. The van der Waals surface area contributed by atoms with Gasteiger partial charge in [-0.15, -0.1) is 5.10 Å². The average Bonchev–Trinajstić information content (AvgIpc) is 3.40. The molecule has 1 aliphatic heterocycles. The van der Waals surface area contributed by atoms with E-state index in [0.29, 0.717) is 18.8 Å². The standard InChI is InChI=1S/C21H22N8O/c1-26-11-12-28(21(30)18-7-10-23-27(18)2)14-19(26)20-17-4-3-16(13-29(17)25-24-20)15-5-8-22-9-6-15/h3-10,13,19H,11-12,14H2,1-2H3/t19-/m0/s1. The zero-order valence-corrected chi connectivity index (χ0v) is 16.9. The SMILES string of the molecule is CN1CCN(C(=O)c2ccnn2C)C[C@H]1c1nnn2cc(-c3ccncc3)ccc12. The molecule has 0 saturated carbocycles. The number of nitrogens with zero attached hydrogens (tertiary/aromatic N) is 8. The summed E-state index contributed by atoms with van der Waals surface area (Å²) in [6.45, 7) is 1.99. The monoisotopic (exact) mass is 402 g/mol. The third-order valence-electron chi connectivity index (χ3n) is 5.74. The second kappa shape index (κ2) is 7.34. The summed E-state index contributed by atoms with van der Waals surface area (Å²) in [5, 5.41) is 13.0. The fourth-order valence-corrected chi connectivity index (χ4v) is 3.97. The molecule has 0 bridgehead atoms. The summed E-state index contributed by atoms with van der Waals surface area (Å²) in [5.74, 6) is -0.00968. The minimum Gasteiger partial charge on any atom is -0.334 e. The Morgan fingerprint density at radius 2 is 1.83 bits per heavy atom. The molecular formula is C21H22N8O. The van der Waals surface area contributed by atoms with Crippen LogP contribution in [0.15, 0.2) is 55.1 Å². The predicted molar refractivity (Wildman–Crippen MR) is 111 cm³/mol. The van der Waals surface area contributed by atoms with Gasteiger partial charge in [-0.1, -0.05) is 11.3 Å². The molecule has 1 amide bonds. The van der Waals surface area contributed by atoms with Crippen molar-refractivity contribution in [1.82, 2.24) is 39.4 Å². The van der Waals surface area contributed by atoms with Crippen LogP contribution >= 0.6 is 0 Å². The van der Waals surface area contributed by atoms with Crippen LogP contribution in [0.5, 0.6) is 0 Å². The molecule has 0 aromatic carbocycles. The molecule has 1 aliphatic rings. The van der Waals surface area contributed by atoms with Crippen molar-refractivity contribution < 1.29 is 4.79 Å². The highest BCUT2D eigenvalue weighted by molar-refractivity contribution is 5.92. The van der Waals surface area contributed by atoms with Gasteiger partial charge >= 0.3 is 0 Å². The Balaban J connectivity index is 1.45. The van der Waals surface area contributed by atoms with E-state index in [0.717, 1.165) is 28.9 Å². The molecule has 0 radical (unpaired) electrons. The van der Waals surface area contributed by atoms with Gasteiger partial charge in [-0.25, -0.2) is 4.52 Å². The van der Waals surface area contributed by atoms with E-state index in [-0.39, 0.29) is 11.9 Å². The summed E-state index contributed by atoms with van der Waals surface area (Å²) >= 11 is 0. The molecule has 9 heteroatoms. The Hall–Kier alpha value is -3.59. The van der Waals surface area contributed by atoms with E-state index >= 15 is 0 Å². The smallest absolute Gasteiger partial charge is 0.272 e. The van der Waals surface area contributed by atoms with Gasteiger partial charge in [-0.2, -0.15) is 5.10 Å². The van der Waals surface area contributed by atoms with Crippen molar-refractivity contribution in [3.63, 3.8) is 0 Å². The zero-order chi connectivity index (χ0) is 20.7.